The third kappa shape index (κ3) is 5.32. The van der Waals surface area contributed by atoms with Crippen molar-refractivity contribution in [1.82, 2.24) is 9.88 Å². The number of morpholine rings is 1. The third-order valence-electron chi connectivity index (χ3n) is 5.83. The van der Waals surface area contributed by atoms with Crippen LogP contribution in [0, 0.1) is 0 Å². The van der Waals surface area contributed by atoms with E-state index in [1.54, 1.807) is 23.1 Å². The number of hydrogen-bond donors (Lipinski definition) is 0. The van der Waals surface area contributed by atoms with Crippen molar-refractivity contribution in [2.45, 2.75) is 4.90 Å². The lowest BCUT2D eigenvalue weighted by Gasteiger charge is -2.28. The van der Waals surface area contributed by atoms with Gasteiger partial charge in [0.2, 0.25) is 6.79 Å². The summed E-state index contributed by atoms with van der Waals surface area (Å²) >= 11 is 1.30. The minimum absolute atomic E-state index is 0.161. The molecule has 0 radical (unpaired) electrons. The summed E-state index contributed by atoms with van der Waals surface area (Å²) in [6, 6.07) is 10.5. The van der Waals surface area contributed by atoms with E-state index < -0.39 is 9.84 Å². The number of aromatic nitrogens is 1. The molecular formula is C24H25N3O6S2. The number of amides is 1. The number of carbonyl (C=O) groups excluding carboxylic acids is 1. The first-order chi connectivity index (χ1) is 16.9. The standard InChI is InChI=1S/C24H25N3O6S2/c1-35(29,30)21-4-2-3-20-23(21)25-24(34-20)27(10-9-26-11-13-31-14-12-26)22(28)8-6-17-5-7-18-19(15-17)33-16-32-18/h2-8,15H,9-14,16H2,1H3/b8-6+. The van der Waals surface area contributed by atoms with Crippen LogP contribution in [0.2, 0.25) is 0 Å². The molecule has 11 heteroatoms. The summed E-state index contributed by atoms with van der Waals surface area (Å²) in [5, 5.41) is 0.463. The Morgan fingerprint density at radius 1 is 1.17 bits per heavy atom. The number of sulfone groups is 1. The Morgan fingerprint density at radius 3 is 2.77 bits per heavy atom. The van der Waals surface area contributed by atoms with Crippen molar-refractivity contribution >= 4 is 48.5 Å². The van der Waals surface area contributed by atoms with Crippen molar-refractivity contribution < 1.29 is 27.4 Å². The molecule has 0 N–H and O–H groups in total. The third-order valence-corrected chi connectivity index (χ3v) is 8.00. The van der Waals surface area contributed by atoms with Crippen LogP contribution in [0.4, 0.5) is 5.13 Å². The van der Waals surface area contributed by atoms with Crippen molar-refractivity contribution in [3.63, 3.8) is 0 Å². The highest BCUT2D eigenvalue weighted by Crippen LogP contribution is 2.34. The van der Waals surface area contributed by atoms with Gasteiger partial charge in [0, 0.05) is 38.5 Å². The van der Waals surface area contributed by atoms with Gasteiger partial charge in [0.05, 0.1) is 22.8 Å². The van der Waals surface area contributed by atoms with Gasteiger partial charge in [-0.1, -0.05) is 23.5 Å². The van der Waals surface area contributed by atoms with Crippen LogP contribution < -0.4 is 14.4 Å². The van der Waals surface area contributed by atoms with E-state index in [1.165, 1.54) is 17.4 Å². The molecule has 0 spiro atoms. The summed E-state index contributed by atoms with van der Waals surface area (Å²) in [6.45, 7) is 4.18. The molecule has 3 aromatic rings. The van der Waals surface area contributed by atoms with Crippen molar-refractivity contribution in [3.8, 4) is 11.5 Å². The van der Waals surface area contributed by atoms with E-state index in [4.69, 9.17) is 14.2 Å². The summed E-state index contributed by atoms with van der Waals surface area (Å²) in [4.78, 5) is 22.0. The van der Waals surface area contributed by atoms with E-state index in [1.807, 2.05) is 24.3 Å². The SMILES string of the molecule is CS(=O)(=O)c1cccc2sc(N(CCN3CCOCC3)C(=O)/C=C/c3ccc4c(c3)OCO4)nc12. The quantitative estimate of drug-likeness (QED) is 0.443. The number of thiazole rings is 1. The Bertz CT molecular complexity index is 1380. The molecule has 2 aliphatic heterocycles. The van der Waals surface area contributed by atoms with E-state index in [2.05, 4.69) is 9.88 Å². The molecule has 1 fully saturated rings. The maximum Gasteiger partial charge on any atom is 0.252 e. The number of hydrogen-bond acceptors (Lipinski definition) is 9. The summed E-state index contributed by atoms with van der Waals surface area (Å²) in [5.41, 5.74) is 1.19. The van der Waals surface area contributed by atoms with Crippen LogP contribution in [0.15, 0.2) is 47.4 Å². The Balaban J connectivity index is 1.43. The van der Waals surface area contributed by atoms with Gasteiger partial charge in [-0.3, -0.25) is 14.6 Å². The number of fused-ring (bicyclic) bond motifs is 2. The average Bonchev–Trinajstić information content (AvgIpc) is 3.49. The van der Waals surface area contributed by atoms with Crippen LogP contribution in [0.25, 0.3) is 16.3 Å². The normalized spacial score (nSPS) is 16.3. The lowest BCUT2D eigenvalue weighted by atomic mass is 10.2. The highest BCUT2D eigenvalue weighted by atomic mass is 32.2. The molecule has 1 amide bonds. The zero-order valence-corrected chi connectivity index (χ0v) is 20.8. The summed E-state index contributed by atoms with van der Waals surface area (Å²) < 4.78 is 41.4. The number of benzene rings is 2. The zero-order valence-electron chi connectivity index (χ0n) is 19.2. The number of ether oxygens (including phenoxy) is 3. The fourth-order valence-corrected chi connectivity index (χ4v) is 5.89. The van der Waals surface area contributed by atoms with Gasteiger partial charge in [0.1, 0.15) is 5.52 Å². The minimum Gasteiger partial charge on any atom is -0.454 e. The lowest BCUT2D eigenvalue weighted by Crippen LogP contribution is -2.42. The fraction of sp³-hybridized carbons (Fsp3) is 0.333. The second kappa shape index (κ2) is 9.94. The van der Waals surface area contributed by atoms with E-state index in [-0.39, 0.29) is 17.6 Å². The Kier molecular flexibility index (Phi) is 6.74. The van der Waals surface area contributed by atoms with Crippen LogP contribution in [0.3, 0.4) is 0 Å². The molecule has 0 atom stereocenters. The minimum atomic E-state index is -3.46. The summed E-state index contributed by atoms with van der Waals surface area (Å²) in [5.74, 6) is 1.08. The van der Waals surface area contributed by atoms with Crippen LogP contribution in [0.1, 0.15) is 5.56 Å². The Labute approximate surface area is 207 Å². The van der Waals surface area contributed by atoms with E-state index in [0.717, 1.165) is 24.9 Å². The van der Waals surface area contributed by atoms with Gasteiger partial charge in [0.15, 0.2) is 26.5 Å². The van der Waals surface area contributed by atoms with Crippen molar-refractivity contribution in [2.24, 2.45) is 0 Å². The predicted molar refractivity (Wildman–Crippen MR) is 134 cm³/mol. The van der Waals surface area contributed by atoms with Gasteiger partial charge in [-0.15, -0.1) is 0 Å². The van der Waals surface area contributed by atoms with Crippen LogP contribution in [-0.2, 0) is 19.4 Å². The van der Waals surface area contributed by atoms with Crippen LogP contribution in [0.5, 0.6) is 11.5 Å². The van der Waals surface area contributed by atoms with Crippen molar-refractivity contribution in [2.75, 3.05) is 57.3 Å². The first-order valence-corrected chi connectivity index (χ1v) is 13.9. The van der Waals surface area contributed by atoms with Gasteiger partial charge in [-0.25, -0.2) is 13.4 Å². The van der Waals surface area contributed by atoms with Gasteiger partial charge >= 0.3 is 0 Å². The van der Waals surface area contributed by atoms with Gasteiger partial charge < -0.3 is 14.2 Å². The second-order valence-corrected chi connectivity index (χ2v) is 11.3. The molecule has 5 rings (SSSR count). The van der Waals surface area contributed by atoms with Crippen molar-refractivity contribution in [1.29, 1.82) is 0 Å². The van der Waals surface area contributed by atoms with E-state index >= 15 is 0 Å². The zero-order chi connectivity index (χ0) is 24.4. The molecule has 2 aromatic carbocycles. The topological polar surface area (TPSA) is 98.3 Å². The van der Waals surface area contributed by atoms with E-state index in [0.29, 0.717) is 53.2 Å². The fourth-order valence-electron chi connectivity index (χ4n) is 3.97. The first-order valence-electron chi connectivity index (χ1n) is 11.2. The first kappa shape index (κ1) is 23.7. The molecule has 184 valence electrons. The molecule has 3 heterocycles. The molecule has 2 aliphatic rings. The largest absolute Gasteiger partial charge is 0.454 e. The second-order valence-electron chi connectivity index (χ2n) is 8.26. The van der Waals surface area contributed by atoms with E-state index in [9.17, 15) is 13.2 Å². The molecule has 1 saturated heterocycles. The van der Waals surface area contributed by atoms with Gasteiger partial charge in [0.25, 0.3) is 5.91 Å². The smallest absolute Gasteiger partial charge is 0.252 e. The lowest BCUT2D eigenvalue weighted by molar-refractivity contribution is -0.114. The summed E-state index contributed by atoms with van der Waals surface area (Å²) in [7, 11) is -3.46. The molecule has 0 bridgehead atoms. The number of anilines is 1. The molecule has 9 nitrogen and oxygen atoms in total. The number of para-hydroxylation sites is 1. The monoisotopic (exact) mass is 515 g/mol. The average molecular weight is 516 g/mol. The Morgan fingerprint density at radius 2 is 1.97 bits per heavy atom. The number of nitrogens with zero attached hydrogens (tertiary/aromatic N) is 3. The maximum atomic E-state index is 13.4. The molecule has 0 saturated carbocycles. The molecule has 1 aromatic heterocycles. The maximum absolute atomic E-state index is 13.4. The molecular weight excluding hydrogens is 490 g/mol. The highest BCUT2D eigenvalue weighted by Gasteiger charge is 2.23. The number of rotatable bonds is 7. The molecule has 35 heavy (non-hydrogen) atoms. The number of carbonyl (C=O) groups is 1. The van der Waals surface area contributed by atoms with Gasteiger partial charge in [-0.05, 0) is 35.9 Å². The Hall–Kier alpha value is -2.99. The van der Waals surface area contributed by atoms with Crippen molar-refractivity contribution in [3.05, 3.63) is 48.0 Å². The van der Waals surface area contributed by atoms with Crippen LogP contribution >= 0.6 is 11.3 Å². The summed E-state index contributed by atoms with van der Waals surface area (Å²) in [6.07, 6.45) is 4.39. The molecule has 0 aliphatic carbocycles. The predicted octanol–water partition coefficient (Wildman–Crippen LogP) is 2.81. The van der Waals surface area contributed by atoms with Gasteiger partial charge in [-0.2, -0.15) is 0 Å². The highest BCUT2D eigenvalue weighted by molar-refractivity contribution is 7.91. The van der Waals surface area contributed by atoms with Crippen LogP contribution in [-0.4, -0.2) is 76.7 Å². The molecule has 0 unspecified atom stereocenters.